The zero-order chi connectivity index (χ0) is 15.3. The van der Waals surface area contributed by atoms with Crippen molar-refractivity contribution in [1.29, 1.82) is 0 Å². The quantitative estimate of drug-likeness (QED) is 0.762. The van der Waals surface area contributed by atoms with Gasteiger partial charge in [-0.2, -0.15) is 0 Å². The fourth-order valence-corrected chi connectivity index (χ4v) is 4.32. The summed E-state index contributed by atoms with van der Waals surface area (Å²) in [6.07, 6.45) is 5.25. The van der Waals surface area contributed by atoms with Gasteiger partial charge in [0.1, 0.15) is 10.5 Å². The number of thiophene rings is 1. The van der Waals surface area contributed by atoms with E-state index in [4.69, 9.17) is 0 Å². The van der Waals surface area contributed by atoms with Gasteiger partial charge in [-0.1, -0.05) is 6.92 Å². The molecule has 0 aliphatic rings. The van der Waals surface area contributed by atoms with Crippen molar-refractivity contribution < 1.29 is 8.42 Å². The van der Waals surface area contributed by atoms with Crippen molar-refractivity contribution in [3.8, 4) is 0 Å². The van der Waals surface area contributed by atoms with Crippen LogP contribution in [0.2, 0.25) is 0 Å². The van der Waals surface area contributed by atoms with E-state index < -0.39 is 10.0 Å². The van der Waals surface area contributed by atoms with Gasteiger partial charge in [0.15, 0.2) is 0 Å². The van der Waals surface area contributed by atoms with Crippen LogP contribution in [0, 0.1) is 6.92 Å². The molecule has 2 heterocycles. The maximum Gasteiger partial charge on any atom is 0.271 e. The molecule has 0 spiro atoms. The van der Waals surface area contributed by atoms with Crippen molar-refractivity contribution in [1.82, 2.24) is 15.3 Å². The lowest BCUT2D eigenvalue weighted by atomic mass is 10.3. The standard InChI is InChI=1S/C13H18N4O2S2/c1-3-4-14-8-12-10(2)5-13(20-12)21(18,19)17-11-6-15-9-16-7-11/h5-7,9,14,17H,3-4,8H2,1-2H3. The number of sulfonamides is 1. The van der Waals surface area contributed by atoms with Crippen LogP contribution in [0.3, 0.4) is 0 Å². The molecule has 0 bridgehead atoms. The molecular weight excluding hydrogens is 308 g/mol. The number of nitrogens with zero attached hydrogens (tertiary/aromatic N) is 2. The van der Waals surface area contributed by atoms with Gasteiger partial charge in [-0.3, -0.25) is 4.72 Å². The maximum absolute atomic E-state index is 12.3. The Kier molecular flexibility index (Phi) is 5.27. The summed E-state index contributed by atoms with van der Waals surface area (Å²) >= 11 is 1.28. The van der Waals surface area contributed by atoms with Crippen LogP contribution in [0.15, 0.2) is 29.0 Å². The van der Waals surface area contributed by atoms with Gasteiger partial charge in [0.25, 0.3) is 10.0 Å². The van der Waals surface area contributed by atoms with E-state index in [9.17, 15) is 8.42 Å². The Hall–Kier alpha value is -1.51. The summed E-state index contributed by atoms with van der Waals surface area (Å²) < 4.78 is 27.4. The van der Waals surface area contributed by atoms with Gasteiger partial charge in [-0.15, -0.1) is 11.3 Å². The first kappa shape index (κ1) is 15.9. The average molecular weight is 326 g/mol. The molecule has 0 amide bonds. The number of aryl methyl sites for hydroxylation is 1. The molecule has 21 heavy (non-hydrogen) atoms. The summed E-state index contributed by atoms with van der Waals surface area (Å²) in [6.45, 7) is 5.62. The van der Waals surface area contributed by atoms with Crippen LogP contribution < -0.4 is 10.0 Å². The highest BCUT2D eigenvalue weighted by Gasteiger charge is 2.19. The molecule has 8 heteroatoms. The van der Waals surface area contributed by atoms with Gasteiger partial charge in [-0.05, 0) is 31.5 Å². The van der Waals surface area contributed by atoms with E-state index in [1.54, 1.807) is 6.07 Å². The van der Waals surface area contributed by atoms with Gasteiger partial charge in [0, 0.05) is 11.4 Å². The van der Waals surface area contributed by atoms with Crippen molar-refractivity contribution in [2.45, 2.75) is 31.0 Å². The van der Waals surface area contributed by atoms with Crippen LogP contribution >= 0.6 is 11.3 Å². The van der Waals surface area contributed by atoms with Gasteiger partial charge in [0.05, 0.1) is 18.1 Å². The molecule has 0 saturated carbocycles. The van der Waals surface area contributed by atoms with Gasteiger partial charge >= 0.3 is 0 Å². The lowest BCUT2D eigenvalue weighted by molar-refractivity contribution is 0.603. The minimum absolute atomic E-state index is 0.303. The van der Waals surface area contributed by atoms with E-state index >= 15 is 0 Å². The predicted molar refractivity (Wildman–Crippen MR) is 83.9 cm³/mol. The summed E-state index contributed by atoms with van der Waals surface area (Å²) in [5.41, 5.74) is 1.34. The molecule has 0 aliphatic carbocycles. The summed E-state index contributed by atoms with van der Waals surface area (Å²) in [5, 5.41) is 3.28. The minimum Gasteiger partial charge on any atom is -0.312 e. The number of hydrogen-bond acceptors (Lipinski definition) is 6. The maximum atomic E-state index is 12.3. The molecule has 6 nitrogen and oxygen atoms in total. The third-order valence-electron chi connectivity index (χ3n) is 2.79. The molecule has 0 saturated heterocycles. The first-order valence-corrected chi connectivity index (χ1v) is 8.90. The van der Waals surface area contributed by atoms with Crippen molar-refractivity contribution in [2.75, 3.05) is 11.3 Å². The normalized spacial score (nSPS) is 11.5. The SMILES string of the molecule is CCCNCc1sc(S(=O)(=O)Nc2cncnc2)cc1C. The van der Waals surface area contributed by atoms with Gasteiger partial charge in [0.2, 0.25) is 0 Å². The molecule has 0 fully saturated rings. The number of aromatic nitrogens is 2. The predicted octanol–water partition coefficient (Wildman–Crippen LogP) is 2.15. The molecular formula is C13H18N4O2S2. The number of rotatable bonds is 7. The Morgan fingerprint density at radius 2 is 2.00 bits per heavy atom. The van der Waals surface area contributed by atoms with Crippen LogP contribution in [0.5, 0.6) is 0 Å². The Morgan fingerprint density at radius 1 is 1.29 bits per heavy atom. The monoisotopic (exact) mass is 326 g/mol. The molecule has 114 valence electrons. The average Bonchev–Trinajstić information content (AvgIpc) is 2.82. The van der Waals surface area contributed by atoms with Crippen molar-refractivity contribution in [3.63, 3.8) is 0 Å². The van der Waals surface area contributed by atoms with Crippen LogP contribution in [0.1, 0.15) is 23.8 Å². The Balaban J connectivity index is 2.15. The van der Waals surface area contributed by atoms with Gasteiger partial charge < -0.3 is 5.32 Å². The molecule has 2 aromatic heterocycles. The lowest BCUT2D eigenvalue weighted by Gasteiger charge is -2.04. The third-order valence-corrected chi connectivity index (χ3v) is 5.88. The van der Waals surface area contributed by atoms with Crippen molar-refractivity contribution in [2.24, 2.45) is 0 Å². The fourth-order valence-electron chi connectivity index (χ4n) is 1.73. The second-order valence-corrected chi connectivity index (χ2v) is 7.63. The van der Waals surface area contributed by atoms with E-state index in [0.29, 0.717) is 16.4 Å². The zero-order valence-corrected chi connectivity index (χ0v) is 13.6. The summed E-state index contributed by atoms with van der Waals surface area (Å²) in [7, 11) is -3.58. The van der Waals surface area contributed by atoms with Crippen molar-refractivity contribution in [3.05, 3.63) is 35.2 Å². The number of hydrogen-bond donors (Lipinski definition) is 2. The number of nitrogens with one attached hydrogen (secondary N) is 2. The molecule has 0 aliphatic heterocycles. The molecule has 2 aromatic rings. The van der Waals surface area contributed by atoms with E-state index in [2.05, 4.69) is 26.9 Å². The second-order valence-electron chi connectivity index (χ2n) is 4.58. The molecule has 0 radical (unpaired) electrons. The Labute approximate surface area is 128 Å². The molecule has 0 unspecified atom stereocenters. The van der Waals surface area contributed by atoms with Crippen LogP contribution in [0.25, 0.3) is 0 Å². The highest BCUT2D eigenvalue weighted by Crippen LogP contribution is 2.27. The molecule has 2 N–H and O–H groups in total. The second kappa shape index (κ2) is 6.97. The smallest absolute Gasteiger partial charge is 0.271 e. The Morgan fingerprint density at radius 3 is 2.67 bits per heavy atom. The van der Waals surface area contributed by atoms with Crippen molar-refractivity contribution >= 4 is 27.0 Å². The summed E-state index contributed by atoms with van der Waals surface area (Å²) in [6, 6.07) is 1.69. The first-order chi connectivity index (χ1) is 10.0. The Bertz CT molecular complexity index is 683. The van der Waals surface area contributed by atoms with E-state index in [0.717, 1.165) is 23.4 Å². The zero-order valence-electron chi connectivity index (χ0n) is 12.0. The largest absolute Gasteiger partial charge is 0.312 e. The molecule has 0 aromatic carbocycles. The first-order valence-electron chi connectivity index (χ1n) is 6.61. The highest BCUT2D eigenvalue weighted by atomic mass is 32.2. The van der Waals surface area contributed by atoms with Gasteiger partial charge in [-0.25, -0.2) is 18.4 Å². The fraction of sp³-hybridized carbons (Fsp3) is 0.385. The van der Waals surface area contributed by atoms with Crippen LogP contribution in [-0.2, 0) is 16.6 Å². The van der Waals surface area contributed by atoms with Crippen LogP contribution in [0.4, 0.5) is 5.69 Å². The summed E-state index contributed by atoms with van der Waals surface area (Å²) in [4.78, 5) is 8.62. The third kappa shape index (κ3) is 4.23. The molecule has 2 rings (SSSR count). The number of anilines is 1. The van der Waals surface area contributed by atoms with E-state index in [-0.39, 0.29) is 0 Å². The topological polar surface area (TPSA) is 84.0 Å². The highest BCUT2D eigenvalue weighted by molar-refractivity contribution is 7.94. The lowest BCUT2D eigenvalue weighted by Crippen LogP contribution is -2.13. The van der Waals surface area contributed by atoms with E-state index in [1.807, 2.05) is 6.92 Å². The van der Waals surface area contributed by atoms with Crippen LogP contribution in [-0.4, -0.2) is 24.9 Å². The van der Waals surface area contributed by atoms with E-state index in [1.165, 1.54) is 30.1 Å². The summed E-state index contributed by atoms with van der Waals surface area (Å²) in [5.74, 6) is 0. The molecule has 0 atom stereocenters. The minimum atomic E-state index is -3.58.